The van der Waals surface area contributed by atoms with Crippen molar-refractivity contribution in [1.29, 1.82) is 0 Å². The van der Waals surface area contributed by atoms with Crippen molar-refractivity contribution in [3.8, 4) is 0 Å². The molecule has 0 aliphatic carbocycles. The summed E-state index contributed by atoms with van der Waals surface area (Å²) in [4.78, 5) is 0. The zero-order valence-corrected chi connectivity index (χ0v) is 21.1. The molecule has 0 aromatic rings. The van der Waals surface area contributed by atoms with Crippen LogP contribution in [0.3, 0.4) is 0 Å². The van der Waals surface area contributed by atoms with E-state index in [1.807, 2.05) is 0 Å². The summed E-state index contributed by atoms with van der Waals surface area (Å²) in [7, 11) is -3.31. The summed E-state index contributed by atoms with van der Waals surface area (Å²) >= 11 is 0. The molecule has 0 atom stereocenters. The van der Waals surface area contributed by atoms with Gasteiger partial charge in [-0.25, -0.2) is 4.44 Å². The third kappa shape index (κ3) is 18.8. The third-order valence-electron chi connectivity index (χ3n) is 6.08. The molecule has 3 nitrogen and oxygen atoms in total. The molecular formula is C24H53BO3P+. The summed E-state index contributed by atoms with van der Waals surface area (Å²) in [5.41, 5.74) is 0. The Labute approximate surface area is 184 Å². The Hall–Kier alpha value is 0.375. The maximum atomic E-state index is 9.67. The second-order valence-electron chi connectivity index (χ2n) is 8.96. The average molecular weight is 431 g/mol. The van der Waals surface area contributed by atoms with E-state index in [0.29, 0.717) is 0 Å². The first-order valence-corrected chi connectivity index (χ1v) is 15.3. The Morgan fingerprint density at radius 2 is 0.759 bits per heavy atom. The first kappa shape index (κ1) is 29.4. The van der Waals surface area contributed by atoms with E-state index in [1.165, 1.54) is 116 Å². The van der Waals surface area contributed by atoms with Crippen molar-refractivity contribution in [2.75, 3.05) is 18.5 Å². The van der Waals surface area contributed by atoms with Gasteiger partial charge in [-0.15, -0.1) is 0 Å². The molecule has 0 aromatic carbocycles. The first-order chi connectivity index (χ1) is 14.1. The van der Waals surface area contributed by atoms with Gasteiger partial charge in [0.15, 0.2) is 0 Å². The molecule has 0 aliphatic rings. The van der Waals surface area contributed by atoms with Gasteiger partial charge in [0, 0.05) is 0 Å². The third-order valence-corrected chi connectivity index (χ3v) is 10.1. The minimum atomic E-state index is -1.72. The van der Waals surface area contributed by atoms with Crippen LogP contribution in [0.4, 0.5) is 0 Å². The van der Waals surface area contributed by atoms with Crippen molar-refractivity contribution in [3.05, 3.63) is 0 Å². The Morgan fingerprint density at radius 3 is 1.03 bits per heavy atom. The maximum Gasteiger partial charge on any atom is 0.670 e. The molecule has 0 heterocycles. The average Bonchev–Trinajstić information content (AvgIpc) is 2.69. The van der Waals surface area contributed by atoms with Gasteiger partial charge >= 0.3 is 7.32 Å². The lowest BCUT2D eigenvalue weighted by molar-refractivity contribution is 0.295. The van der Waals surface area contributed by atoms with E-state index in [9.17, 15) is 10.0 Å². The highest BCUT2D eigenvalue weighted by molar-refractivity contribution is 7.72. The zero-order valence-electron chi connectivity index (χ0n) is 20.2. The molecule has 0 radical (unpaired) electrons. The van der Waals surface area contributed by atoms with E-state index < -0.39 is 14.8 Å². The minimum Gasteiger partial charge on any atom is -0.400 e. The van der Waals surface area contributed by atoms with Crippen LogP contribution in [0.2, 0.25) is 0 Å². The number of unbranched alkanes of at least 4 members (excludes halogenated alkanes) is 15. The van der Waals surface area contributed by atoms with E-state index in [-0.39, 0.29) is 0 Å². The lowest BCUT2D eigenvalue weighted by Crippen LogP contribution is -2.23. The highest BCUT2D eigenvalue weighted by atomic mass is 31.2. The summed E-state index contributed by atoms with van der Waals surface area (Å²) in [5, 5.41) is 19.3. The smallest absolute Gasteiger partial charge is 0.400 e. The Balaban J connectivity index is 4.57. The summed E-state index contributed by atoms with van der Waals surface area (Å²) in [5.74, 6) is 0. The molecule has 0 saturated heterocycles. The van der Waals surface area contributed by atoms with Crippen LogP contribution in [0.1, 0.15) is 136 Å². The molecule has 174 valence electrons. The van der Waals surface area contributed by atoms with Crippen molar-refractivity contribution < 1.29 is 14.5 Å². The van der Waals surface area contributed by atoms with Gasteiger partial charge in [0.1, 0.15) is 7.49 Å². The molecule has 0 rings (SSSR count). The van der Waals surface area contributed by atoms with Crippen molar-refractivity contribution in [2.24, 2.45) is 0 Å². The predicted octanol–water partition coefficient (Wildman–Crippen LogP) is 7.99. The van der Waals surface area contributed by atoms with Gasteiger partial charge in [0.25, 0.3) is 0 Å². The van der Waals surface area contributed by atoms with Crippen LogP contribution in [-0.2, 0) is 4.44 Å². The molecule has 29 heavy (non-hydrogen) atoms. The quantitative estimate of drug-likeness (QED) is 0.0979. The second-order valence-corrected chi connectivity index (χ2v) is 12.6. The molecule has 0 spiro atoms. The molecule has 5 heteroatoms. The van der Waals surface area contributed by atoms with Crippen LogP contribution in [0.15, 0.2) is 0 Å². The Kier molecular flexibility index (Phi) is 21.9. The molecule has 0 aromatic heterocycles. The summed E-state index contributed by atoms with van der Waals surface area (Å²) in [6, 6.07) is 0. The fourth-order valence-electron chi connectivity index (χ4n) is 4.23. The van der Waals surface area contributed by atoms with E-state index in [4.69, 9.17) is 4.44 Å². The summed E-state index contributed by atoms with van der Waals surface area (Å²) in [6.45, 7) is 6.77. The van der Waals surface area contributed by atoms with E-state index in [2.05, 4.69) is 20.8 Å². The molecule has 0 aliphatic heterocycles. The number of rotatable bonds is 23. The second kappa shape index (κ2) is 21.6. The maximum absolute atomic E-state index is 9.67. The summed E-state index contributed by atoms with van der Waals surface area (Å²) < 4.78 is 5.94. The first-order valence-electron chi connectivity index (χ1n) is 13.0. The topological polar surface area (TPSA) is 49.7 Å². The molecule has 0 unspecified atom stereocenters. The van der Waals surface area contributed by atoms with Gasteiger partial charge in [0.2, 0.25) is 0 Å². The number of hydrogen-bond acceptors (Lipinski definition) is 3. The molecular weight excluding hydrogens is 378 g/mol. The summed E-state index contributed by atoms with van der Waals surface area (Å²) in [6.07, 6.45) is 26.4. The van der Waals surface area contributed by atoms with Gasteiger partial charge in [-0.2, -0.15) is 0 Å². The monoisotopic (exact) mass is 431 g/mol. The van der Waals surface area contributed by atoms with Crippen LogP contribution in [0, 0.1) is 0 Å². The highest BCUT2D eigenvalue weighted by Gasteiger charge is 2.41. The SMILES string of the molecule is CCCCCCCC[P+](CCCCCCCC)(CCCCCCCC)OB(O)O. The normalized spacial score (nSPS) is 11.9. The Morgan fingerprint density at radius 1 is 0.483 bits per heavy atom. The van der Waals surface area contributed by atoms with Crippen LogP contribution >= 0.6 is 7.49 Å². The van der Waals surface area contributed by atoms with Gasteiger partial charge in [-0.1, -0.05) is 97.8 Å². The van der Waals surface area contributed by atoms with E-state index in [1.54, 1.807) is 0 Å². The molecule has 0 amide bonds. The van der Waals surface area contributed by atoms with Gasteiger partial charge in [-0.05, 0) is 38.5 Å². The van der Waals surface area contributed by atoms with Gasteiger partial charge in [0.05, 0.1) is 18.5 Å². The molecule has 0 saturated carbocycles. The highest BCUT2D eigenvalue weighted by Crippen LogP contribution is 2.62. The van der Waals surface area contributed by atoms with Crippen LogP contribution < -0.4 is 0 Å². The number of hydrogen-bond donors (Lipinski definition) is 2. The van der Waals surface area contributed by atoms with Crippen molar-refractivity contribution >= 4 is 14.8 Å². The Bertz CT molecular complexity index is 288. The lowest BCUT2D eigenvalue weighted by atomic mass is 10.1. The largest absolute Gasteiger partial charge is 0.670 e. The minimum absolute atomic E-state index is 1.08. The van der Waals surface area contributed by atoms with Crippen molar-refractivity contribution in [1.82, 2.24) is 0 Å². The van der Waals surface area contributed by atoms with Crippen molar-refractivity contribution in [2.45, 2.75) is 136 Å². The zero-order chi connectivity index (χ0) is 21.6. The molecule has 0 bridgehead atoms. The van der Waals surface area contributed by atoms with E-state index in [0.717, 1.165) is 18.5 Å². The lowest BCUT2D eigenvalue weighted by Gasteiger charge is -2.26. The van der Waals surface area contributed by atoms with Crippen LogP contribution in [0.5, 0.6) is 0 Å². The predicted molar refractivity (Wildman–Crippen MR) is 133 cm³/mol. The van der Waals surface area contributed by atoms with Gasteiger partial charge in [-0.3, -0.25) is 0 Å². The van der Waals surface area contributed by atoms with E-state index >= 15 is 0 Å². The standard InChI is InChI=1S/C24H53BO3P/c1-4-7-10-13-16-19-22-29(28-25(26)27,23-20-17-14-11-8-5-2)24-21-18-15-12-9-6-3/h26-27H,4-24H2,1-3H3/q+1. The van der Waals surface area contributed by atoms with Crippen LogP contribution in [-0.4, -0.2) is 35.9 Å². The van der Waals surface area contributed by atoms with Crippen LogP contribution in [0.25, 0.3) is 0 Å². The van der Waals surface area contributed by atoms with Gasteiger partial charge < -0.3 is 10.0 Å². The fourth-order valence-corrected chi connectivity index (χ4v) is 8.02. The molecule has 0 fully saturated rings. The molecule has 2 N–H and O–H groups in total. The van der Waals surface area contributed by atoms with Crippen molar-refractivity contribution in [3.63, 3.8) is 0 Å². The fraction of sp³-hybridized carbons (Fsp3) is 1.00.